The molecule has 0 radical (unpaired) electrons. The van der Waals surface area contributed by atoms with E-state index in [9.17, 15) is 5.11 Å². The molecule has 2 aromatic heterocycles. The van der Waals surface area contributed by atoms with Crippen molar-refractivity contribution in [1.29, 1.82) is 0 Å². The van der Waals surface area contributed by atoms with Gasteiger partial charge < -0.3 is 13.9 Å². The molecule has 3 rings (SSSR count). The van der Waals surface area contributed by atoms with Crippen LogP contribution >= 0.6 is 11.6 Å². The van der Waals surface area contributed by atoms with E-state index in [-0.39, 0.29) is 0 Å². The number of hydrogen-bond acceptors (Lipinski definition) is 3. The zero-order valence-electron chi connectivity index (χ0n) is 11.3. The van der Waals surface area contributed by atoms with Crippen LogP contribution < -0.4 is 0 Å². The molecule has 0 atom stereocenters. The summed E-state index contributed by atoms with van der Waals surface area (Å²) in [7, 11) is 0. The van der Waals surface area contributed by atoms with Gasteiger partial charge in [-0.15, -0.1) is 0 Å². The van der Waals surface area contributed by atoms with Gasteiger partial charge in [0.25, 0.3) is 0 Å². The maximum absolute atomic E-state index is 10.4. The van der Waals surface area contributed by atoms with Crippen LogP contribution in [0.5, 0.6) is 0 Å². The molecule has 0 bridgehead atoms. The fourth-order valence-electron chi connectivity index (χ4n) is 2.58. The largest absolute Gasteiger partial charge is 0.461 e. The van der Waals surface area contributed by atoms with Crippen LogP contribution in [0.25, 0.3) is 21.9 Å². The Bertz CT molecular complexity index is 730. The van der Waals surface area contributed by atoms with E-state index in [4.69, 9.17) is 20.4 Å². The van der Waals surface area contributed by atoms with Crippen LogP contribution in [-0.2, 0) is 5.60 Å². The normalized spacial score (nSPS) is 12.7. The summed E-state index contributed by atoms with van der Waals surface area (Å²) in [5.74, 6) is 1.51. The first kappa shape index (κ1) is 12.6. The lowest BCUT2D eigenvalue weighted by molar-refractivity contribution is 0.0807. The summed E-state index contributed by atoms with van der Waals surface area (Å²) in [5, 5.41) is 12.6. The van der Waals surface area contributed by atoms with E-state index >= 15 is 0 Å². The second-order valence-corrected chi connectivity index (χ2v) is 5.83. The molecule has 4 heteroatoms. The van der Waals surface area contributed by atoms with Crippen LogP contribution in [0.4, 0.5) is 0 Å². The lowest BCUT2D eigenvalue weighted by atomic mass is 9.93. The first-order chi connectivity index (χ1) is 8.79. The van der Waals surface area contributed by atoms with E-state index in [1.807, 2.05) is 26.0 Å². The lowest BCUT2D eigenvalue weighted by Gasteiger charge is -2.19. The predicted molar refractivity (Wildman–Crippen MR) is 75.7 cm³/mol. The van der Waals surface area contributed by atoms with Crippen molar-refractivity contribution in [2.75, 3.05) is 0 Å². The highest BCUT2D eigenvalue weighted by atomic mass is 35.5. The van der Waals surface area contributed by atoms with E-state index in [1.54, 1.807) is 13.8 Å². The summed E-state index contributed by atoms with van der Waals surface area (Å²) in [5.41, 5.74) is 0.904. The highest BCUT2D eigenvalue weighted by molar-refractivity contribution is 6.40. The molecule has 0 aliphatic rings. The maximum atomic E-state index is 10.4. The molecule has 3 nitrogen and oxygen atoms in total. The van der Waals surface area contributed by atoms with E-state index < -0.39 is 5.60 Å². The third kappa shape index (κ3) is 1.77. The van der Waals surface area contributed by atoms with Crippen LogP contribution in [0.2, 0.25) is 5.02 Å². The number of fused-ring (bicyclic) bond motifs is 2. The Labute approximate surface area is 115 Å². The Balaban J connectivity index is 2.62. The van der Waals surface area contributed by atoms with E-state index in [0.29, 0.717) is 21.8 Å². The molecule has 0 amide bonds. The highest BCUT2D eigenvalue weighted by Crippen LogP contribution is 2.43. The monoisotopic (exact) mass is 278 g/mol. The van der Waals surface area contributed by atoms with Crippen LogP contribution in [-0.4, -0.2) is 5.11 Å². The Morgan fingerprint density at radius 2 is 1.53 bits per heavy atom. The van der Waals surface area contributed by atoms with Crippen LogP contribution in [0.3, 0.4) is 0 Å². The molecule has 100 valence electrons. The summed E-state index contributed by atoms with van der Waals surface area (Å²) in [6, 6.07) is 3.75. The third-order valence-corrected chi connectivity index (χ3v) is 3.63. The van der Waals surface area contributed by atoms with E-state index in [1.165, 1.54) is 0 Å². The van der Waals surface area contributed by atoms with Crippen molar-refractivity contribution in [3.63, 3.8) is 0 Å². The molecule has 19 heavy (non-hydrogen) atoms. The molecule has 0 spiro atoms. The van der Waals surface area contributed by atoms with Crippen molar-refractivity contribution < 1.29 is 13.9 Å². The van der Waals surface area contributed by atoms with Crippen LogP contribution in [0.15, 0.2) is 21.0 Å². The Kier molecular flexibility index (Phi) is 2.50. The first-order valence-corrected chi connectivity index (χ1v) is 6.51. The van der Waals surface area contributed by atoms with Gasteiger partial charge in [-0.2, -0.15) is 0 Å². The van der Waals surface area contributed by atoms with Gasteiger partial charge in [-0.05, 0) is 39.8 Å². The van der Waals surface area contributed by atoms with Gasteiger partial charge in [0.15, 0.2) is 5.58 Å². The average Bonchev–Trinajstić information content (AvgIpc) is 2.80. The van der Waals surface area contributed by atoms with Crippen LogP contribution in [0.1, 0.15) is 30.9 Å². The van der Waals surface area contributed by atoms with Crippen molar-refractivity contribution in [1.82, 2.24) is 0 Å². The van der Waals surface area contributed by atoms with E-state index in [2.05, 4.69) is 0 Å². The SMILES string of the molecule is Cc1cc2c(C(C)(C)O)c3oc(C)cc3c(Cl)c2o1. The number of rotatable bonds is 1. The molecule has 3 aromatic rings. The number of halogens is 1. The summed E-state index contributed by atoms with van der Waals surface area (Å²) in [6.45, 7) is 7.18. The van der Waals surface area contributed by atoms with Gasteiger partial charge in [-0.3, -0.25) is 0 Å². The fourth-order valence-corrected chi connectivity index (χ4v) is 2.86. The molecule has 1 N–H and O–H groups in total. The number of aliphatic hydroxyl groups is 1. The average molecular weight is 279 g/mol. The molecular weight excluding hydrogens is 264 g/mol. The van der Waals surface area contributed by atoms with Gasteiger partial charge in [-0.25, -0.2) is 0 Å². The quantitative estimate of drug-likeness (QED) is 0.703. The first-order valence-electron chi connectivity index (χ1n) is 6.13. The molecule has 0 fully saturated rings. The van der Waals surface area contributed by atoms with Crippen molar-refractivity contribution in [2.45, 2.75) is 33.3 Å². The number of aryl methyl sites for hydroxylation is 2. The zero-order valence-corrected chi connectivity index (χ0v) is 12.1. The Morgan fingerprint density at radius 3 is 2.11 bits per heavy atom. The van der Waals surface area contributed by atoms with Gasteiger partial charge in [-0.1, -0.05) is 11.6 Å². The van der Waals surface area contributed by atoms with Crippen LogP contribution in [0, 0.1) is 13.8 Å². The molecule has 0 aliphatic carbocycles. The van der Waals surface area contributed by atoms with Gasteiger partial charge in [0.2, 0.25) is 0 Å². The van der Waals surface area contributed by atoms with Crippen molar-refractivity contribution in [3.8, 4) is 0 Å². The lowest BCUT2D eigenvalue weighted by Crippen LogP contribution is -2.16. The molecular formula is C15H15ClO3. The Morgan fingerprint density at radius 1 is 1.00 bits per heavy atom. The van der Waals surface area contributed by atoms with Gasteiger partial charge >= 0.3 is 0 Å². The molecule has 0 saturated carbocycles. The highest BCUT2D eigenvalue weighted by Gasteiger charge is 2.28. The van der Waals surface area contributed by atoms with Crippen molar-refractivity contribution >= 4 is 33.5 Å². The molecule has 0 saturated heterocycles. The standard InChI is InChI=1S/C15H15ClO3/c1-7-5-9-11(15(3,4)17)13-10(6-8(2)18-13)12(16)14(9)19-7/h5-6,17H,1-4H3. The fraction of sp³-hybridized carbons (Fsp3) is 0.333. The topological polar surface area (TPSA) is 46.5 Å². The molecule has 0 unspecified atom stereocenters. The summed E-state index contributed by atoms with van der Waals surface area (Å²) in [4.78, 5) is 0. The summed E-state index contributed by atoms with van der Waals surface area (Å²) < 4.78 is 11.4. The third-order valence-electron chi connectivity index (χ3n) is 3.25. The second-order valence-electron chi connectivity index (χ2n) is 5.45. The minimum atomic E-state index is -1.04. The summed E-state index contributed by atoms with van der Waals surface area (Å²) in [6.07, 6.45) is 0. The second kappa shape index (κ2) is 3.78. The van der Waals surface area contributed by atoms with Gasteiger partial charge in [0.05, 0.1) is 10.6 Å². The number of furan rings is 2. The minimum absolute atomic E-state index is 0.531. The molecule has 1 aromatic carbocycles. The van der Waals surface area contributed by atoms with Gasteiger partial charge in [0.1, 0.15) is 17.1 Å². The number of benzene rings is 1. The predicted octanol–water partition coefficient (Wildman–Crippen LogP) is 4.68. The number of hydrogen-bond donors (Lipinski definition) is 1. The minimum Gasteiger partial charge on any atom is -0.461 e. The Hall–Kier alpha value is -1.45. The summed E-state index contributed by atoms with van der Waals surface area (Å²) >= 11 is 6.39. The smallest absolute Gasteiger partial charge is 0.154 e. The molecule has 0 aliphatic heterocycles. The van der Waals surface area contributed by atoms with Crippen molar-refractivity contribution in [2.24, 2.45) is 0 Å². The van der Waals surface area contributed by atoms with Crippen molar-refractivity contribution in [3.05, 3.63) is 34.2 Å². The van der Waals surface area contributed by atoms with E-state index in [0.717, 1.165) is 22.3 Å². The zero-order chi connectivity index (χ0) is 13.9. The maximum Gasteiger partial charge on any atom is 0.154 e. The molecule has 2 heterocycles. The van der Waals surface area contributed by atoms with Gasteiger partial charge in [0, 0.05) is 16.3 Å².